The minimum Gasteiger partial charge on any atom is -0.376 e. The molecule has 30 heavy (non-hydrogen) atoms. The van der Waals surface area contributed by atoms with E-state index in [1.165, 1.54) is 10.5 Å². The van der Waals surface area contributed by atoms with Crippen LogP contribution < -0.4 is 10.6 Å². The zero-order valence-corrected chi connectivity index (χ0v) is 17.5. The molecule has 0 spiro atoms. The molecule has 0 aliphatic heterocycles. The van der Waals surface area contributed by atoms with E-state index in [1.54, 1.807) is 31.3 Å². The van der Waals surface area contributed by atoms with Crippen molar-refractivity contribution in [2.24, 2.45) is 0 Å². The van der Waals surface area contributed by atoms with Crippen molar-refractivity contribution in [1.29, 1.82) is 0 Å². The molecule has 154 valence electrons. The summed E-state index contributed by atoms with van der Waals surface area (Å²) >= 11 is 6.05. The van der Waals surface area contributed by atoms with Gasteiger partial charge in [-0.05, 0) is 35.7 Å². The minimum atomic E-state index is -0.302. The third kappa shape index (κ3) is 6.09. The number of para-hydroxylation sites is 2. The molecule has 0 bridgehead atoms. The number of hydrogen-bond donors (Lipinski definition) is 2. The van der Waals surface area contributed by atoms with Gasteiger partial charge in [-0.2, -0.15) is 0 Å². The fourth-order valence-electron chi connectivity index (χ4n) is 3.02. The van der Waals surface area contributed by atoms with E-state index in [9.17, 15) is 9.59 Å². The minimum absolute atomic E-state index is 0.0581. The second-order valence-corrected chi connectivity index (χ2v) is 7.36. The predicted octanol–water partition coefficient (Wildman–Crippen LogP) is 4.44. The van der Waals surface area contributed by atoms with Crippen molar-refractivity contribution in [1.82, 2.24) is 4.90 Å². The van der Waals surface area contributed by atoms with E-state index in [2.05, 4.69) is 22.8 Å². The van der Waals surface area contributed by atoms with Crippen LogP contribution in [0.15, 0.2) is 78.9 Å². The van der Waals surface area contributed by atoms with E-state index in [0.29, 0.717) is 10.7 Å². The number of amides is 2. The summed E-state index contributed by atoms with van der Waals surface area (Å²) < 4.78 is 0. The molecule has 5 nitrogen and oxygen atoms in total. The highest BCUT2D eigenvalue weighted by atomic mass is 35.5. The van der Waals surface area contributed by atoms with E-state index in [4.69, 9.17) is 11.6 Å². The second kappa shape index (κ2) is 10.5. The van der Waals surface area contributed by atoms with Crippen LogP contribution in [0.5, 0.6) is 0 Å². The van der Waals surface area contributed by atoms with E-state index in [0.717, 1.165) is 17.7 Å². The van der Waals surface area contributed by atoms with Crippen LogP contribution in [0.2, 0.25) is 5.02 Å². The van der Waals surface area contributed by atoms with Crippen LogP contribution in [0.25, 0.3) is 0 Å². The summed E-state index contributed by atoms with van der Waals surface area (Å²) in [5.41, 5.74) is 3.74. The molecule has 0 saturated carbocycles. The van der Waals surface area contributed by atoms with E-state index < -0.39 is 0 Å². The van der Waals surface area contributed by atoms with Crippen molar-refractivity contribution in [3.63, 3.8) is 0 Å². The van der Waals surface area contributed by atoms with Crippen LogP contribution in [0.1, 0.15) is 11.1 Å². The number of nitrogens with zero attached hydrogens (tertiary/aromatic N) is 1. The Balaban J connectivity index is 1.54. The zero-order chi connectivity index (χ0) is 21.3. The van der Waals surface area contributed by atoms with Gasteiger partial charge in [-0.3, -0.25) is 9.59 Å². The molecular weight excluding hydrogens is 398 g/mol. The van der Waals surface area contributed by atoms with Gasteiger partial charge in [0.05, 0.1) is 23.8 Å². The normalized spacial score (nSPS) is 10.3. The van der Waals surface area contributed by atoms with Gasteiger partial charge in [-0.15, -0.1) is 0 Å². The summed E-state index contributed by atoms with van der Waals surface area (Å²) in [7, 11) is 1.60. The Morgan fingerprint density at radius 1 is 0.867 bits per heavy atom. The van der Waals surface area contributed by atoms with Gasteiger partial charge in [0.25, 0.3) is 0 Å². The molecular formula is C24H24ClN3O2. The number of benzene rings is 3. The van der Waals surface area contributed by atoms with Crippen LogP contribution in [0.3, 0.4) is 0 Å². The second-order valence-electron chi connectivity index (χ2n) is 6.95. The molecule has 3 rings (SSSR count). The van der Waals surface area contributed by atoms with E-state index in [-0.39, 0.29) is 24.9 Å². The summed E-state index contributed by atoms with van der Waals surface area (Å²) in [4.78, 5) is 26.1. The average molecular weight is 422 g/mol. The molecule has 0 radical (unpaired) electrons. The Morgan fingerprint density at radius 2 is 1.50 bits per heavy atom. The molecule has 6 heteroatoms. The van der Waals surface area contributed by atoms with Gasteiger partial charge in [-0.25, -0.2) is 0 Å². The maximum Gasteiger partial charge on any atom is 0.244 e. The van der Waals surface area contributed by atoms with Crippen LogP contribution in [0, 0.1) is 0 Å². The number of anilines is 2. The fourth-order valence-corrected chi connectivity index (χ4v) is 3.21. The monoisotopic (exact) mass is 421 g/mol. The molecule has 2 N–H and O–H groups in total. The number of likely N-dealkylation sites (N-methyl/N-ethyl adjacent to an activating group) is 1. The maximum atomic E-state index is 12.5. The smallest absolute Gasteiger partial charge is 0.244 e. The maximum absolute atomic E-state index is 12.5. The third-order valence-corrected chi connectivity index (χ3v) is 4.97. The number of hydrogen-bond acceptors (Lipinski definition) is 3. The van der Waals surface area contributed by atoms with Gasteiger partial charge < -0.3 is 15.5 Å². The lowest BCUT2D eigenvalue weighted by molar-refractivity contribution is -0.131. The summed E-state index contributed by atoms with van der Waals surface area (Å²) in [5, 5.41) is 6.38. The number of carbonyl (C=O) groups is 2. The lowest BCUT2D eigenvalue weighted by atomic mass is 10.0. The Labute approximate surface area is 181 Å². The van der Waals surface area contributed by atoms with Gasteiger partial charge in [0.2, 0.25) is 11.8 Å². The highest BCUT2D eigenvalue weighted by Gasteiger charge is 2.14. The van der Waals surface area contributed by atoms with Crippen molar-refractivity contribution >= 4 is 34.8 Å². The van der Waals surface area contributed by atoms with Crippen LogP contribution in [-0.2, 0) is 16.0 Å². The first-order chi connectivity index (χ1) is 14.5. The summed E-state index contributed by atoms with van der Waals surface area (Å²) in [6, 6.07) is 25.1. The number of nitrogens with one attached hydrogen (secondary N) is 2. The molecule has 0 fully saturated rings. The molecule has 3 aromatic rings. The molecule has 0 saturated heterocycles. The molecule has 0 aliphatic rings. The van der Waals surface area contributed by atoms with Crippen molar-refractivity contribution in [2.75, 3.05) is 30.8 Å². The summed E-state index contributed by atoms with van der Waals surface area (Å²) in [6.07, 6.45) is 0.772. The predicted molar refractivity (Wildman–Crippen MR) is 122 cm³/mol. The van der Waals surface area contributed by atoms with Gasteiger partial charge in [-0.1, -0.05) is 72.3 Å². The molecule has 3 aromatic carbocycles. The lowest BCUT2D eigenvalue weighted by Gasteiger charge is -2.19. The summed E-state index contributed by atoms with van der Waals surface area (Å²) in [6.45, 7) is 0.0407. The van der Waals surface area contributed by atoms with Crippen LogP contribution in [0.4, 0.5) is 11.4 Å². The topological polar surface area (TPSA) is 61.4 Å². The van der Waals surface area contributed by atoms with Crippen molar-refractivity contribution in [3.05, 3.63) is 95.0 Å². The molecule has 0 heterocycles. The van der Waals surface area contributed by atoms with Crippen molar-refractivity contribution in [2.45, 2.75) is 6.42 Å². The molecule has 2 amide bonds. The SMILES string of the molecule is CN(CC(=O)Nc1ccccc1Cl)C(=O)CNc1ccccc1Cc1ccccc1. The summed E-state index contributed by atoms with van der Waals surface area (Å²) in [5.74, 6) is -0.484. The van der Waals surface area contributed by atoms with Crippen LogP contribution >= 0.6 is 11.6 Å². The third-order valence-electron chi connectivity index (χ3n) is 4.64. The van der Waals surface area contributed by atoms with Gasteiger partial charge in [0.1, 0.15) is 0 Å². The largest absolute Gasteiger partial charge is 0.376 e. The standard InChI is InChI=1S/C24H24ClN3O2/c1-28(17-23(29)27-22-14-8-6-12-20(22)25)24(30)16-26-21-13-7-5-11-19(21)15-18-9-3-2-4-10-18/h2-14,26H,15-17H2,1H3,(H,27,29). The van der Waals surface area contributed by atoms with Gasteiger partial charge in [0, 0.05) is 12.7 Å². The first-order valence-corrected chi connectivity index (χ1v) is 10.0. The van der Waals surface area contributed by atoms with Crippen molar-refractivity contribution < 1.29 is 9.59 Å². The number of rotatable bonds is 8. The highest BCUT2D eigenvalue weighted by molar-refractivity contribution is 6.33. The van der Waals surface area contributed by atoms with Crippen LogP contribution in [-0.4, -0.2) is 36.9 Å². The van der Waals surface area contributed by atoms with Gasteiger partial charge in [0.15, 0.2) is 0 Å². The Hall–Kier alpha value is -3.31. The van der Waals surface area contributed by atoms with E-state index in [1.807, 2.05) is 42.5 Å². The Kier molecular flexibility index (Phi) is 7.46. The fraction of sp³-hybridized carbons (Fsp3) is 0.167. The molecule has 0 atom stereocenters. The first-order valence-electron chi connectivity index (χ1n) is 9.67. The highest BCUT2D eigenvalue weighted by Crippen LogP contribution is 2.20. The van der Waals surface area contributed by atoms with Crippen molar-refractivity contribution in [3.8, 4) is 0 Å². The number of halogens is 1. The molecule has 0 unspecified atom stereocenters. The first kappa shape index (κ1) is 21.4. The quantitative estimate of drug-likeness (QED) is 0.565. The number of carbonyl (C=O) groups excluding carboxylic acids is 2. The zero-order valence-electron chi connectivity index (χ0n) is 16.8. The Morgan fingerprint density at radius 3 is 2.23 bits per heavy atom. The Bertz CT molecular complexity index is 1010. The lowest BCUT2D eigenvalue weighted by Crippen LogP contribution is -2.38. The van der Waals surface area contributed by atoms with Gasteiger partial charge >= 0.3 is 0 Å². The average Bonchev–Trinajstić information content (AvgIpc) is 2.75. The van der Waals surface area contributed by atoms with E-state index >= 15 is 0 Å². The molecule has 0 aliphatic carbocycles. The molecule has 0 aromatic heterocycles.